The molecule has 0 aromatic rings. The highest BCUT2D eigenvalue weighted by Crippen LogP contribution is 2.23. The Morgan fingerprint density at radius 1 is 1.25 bits per heavy atom. The molecule has 1 atom stereocenters. The van der Waals surface area contributed by atoms with Gasteiger partial charge in [0.15, 0.2) is 0 Å². The van der Waals surface area contributed by atoms with Crippen molar-refractivity contribution >= 4 is 17.7 Å². The minimum Gasteiger partial charge on any atom is -0.460 e. The molecule has 1 N–H and O–H groups in total. The van der Waals surface area contributed by atoms with E-state index < -0.39 is 5.60 Å². The van der Waals surface area contributed by atoms with E-state index >= 15 is 0 Å². The van der Waals surface area contributed by atoms with Crippen LogP contribution in [0.3, 0.4) is 0 Å². The minimum atomic E-state index is -0.414. The van der Waals surface area contributed by atoms with Gasteiger partial charge in [-0.25, -0.2) is 4.84 Å². The molecule has 0 amide bonds. The predicted octanol–water partition coefficient (Wildman–Crippen LogP) is 3.27. The van der Waals surface area contributed by atoms with Gasteiger partial charge < -0.3 is 4.74 Å². The van der Waals surface area contributed by atoms with E-state index in [2.05, 4.69) is 25.6 Å². The number of rotatable bonds is 4. The summed E-state index contributed by atoms with van der Waals surface area (Å²) in [7, 11) is 0. The topological polar surface area (TPSA) is 38.3 Å². The van der Waals surface area contributed by atoms with Crippen LogP contribution in [-0.4, -0.2) is 17.6 Å². The number of hydrogen-bond donors (Lipinski definition) is 1. The van der Waals surface area contributed by atoms with Gasteiger partial charge in [0.1, 0.15) is 5.60 Å². The lowest BCUT2D eigenvalue weighted by atomic mass is 9.85. The first-order chi connectivity index (χ1) is 7.06. The van der Waals surface area contributed by atoms with Crippen LogP contribution >= 0.6 is 11.8 Å². The van der Waals surface area contributed by atoms with Crippen molar-refractivity contribution in [1.29, 1.82) is 0 Å². The third-order valence-electron chi connectivity index (χ3n) is 2.23. The molecule has 0 heterocycles. The van der Waals surface area contributed by atoms with Crippen molar-refractivity contribution in [3.63, 3.8) is 0 Å². The van der Waals surface area contributed by atoms with Gasteiger partial charge in [-0.1, -0.05) is 20.8 Å². The SMILES string of the molecule is CC(C)(C)OC(=O)CC[C@H](NCl)C(C)(C)C. The number of nitrogens with one attached hydrogen (secondary N) is 1. The van der Waals surface area contributed by atoms with Crippen molar-refractivity contribution in [2.24, 2.45) is 5.41 Å². The fourth-order valence-electron chi connectivity index (χ4n) is 1.31. The van der Waals surface area contributed by atoms with Gasteiger partial charge in [-0.2, -0.15) is 0 Å². The molecule has 0 aliphatic heterocycles. The Balaban J connectivity index is 4.09. The van der Waals surface area contributed by atoms with Gasteiger partial charge in [-0.05, 0) is 44.4 Å². The third-order valence-corrected chi connectivity index (χ3v) is 2.50. The van der Waals surface area contributed by atoms with Crippen molar-refractivity contribution in [1.82, 2.24) is 4.84 Å². The predicted molar refractivity (Wildman–Crippen MR) is 67.3 cm³/mol. The summed E-state index contributed by atoms with van der Waals surface area (Å²) in [4.78, 5) is 14.2. The second kappa shape index (κ2) is 5.87. The van der Waals surface area contributed by atoms with Gasteiger partial charge in [0, 0.05) is 12.5 Å². The van der Waals surface area contributed by atoms with Gasteiger partial charge in [-0.3, -0.25) is 4.79 Å². The first kappa shape index (κ1) is 15.7. The van der Waals surface area contributed by atoms with Crippen molar-refractivity contribution in [3.8, 4) is 0 Å². The van der Waals surface area contributed by atoms with E-state index in [0.29, 0.717) is 12.8 Å². The molecule has 0 unspecified atom stereocenters. The summed E-state index contributed by atoms with van der Waals surface area (Å²) >= 11 is 5.67. The molecular weight excluding hydrogens is 226 g/mol. The maximum Gasteiger partial charge on any atom is 0.306 e. The highest BCUT2D eigenvalue weighted by Gasteiger charge is 2.25. The molecule has 0 rings (SSSR count). The Morgan fingerprint density at radius 2 is 1.75 bits per heavy atom. The summed E-state index contributed by atoms with van der Waals surface area (Å²) in [5.74, 6) is -0.173. The lowest BCUT2D eigenvalue weighted by molar-refractivity contribution is -0.155. The van der Waals surface area contributed by atoms with Crippen LogP contribution in [-0.2, 0) is 9.53 Å². The van der Waals surface area contributed by atoms with Gasteiger partial charge in [0.25, 0.3) is 0 Å². The summed E-state index contributed by atoms with van der Waals surface area (Å²) in [6, 6.07) is 0.0988. The molecule has 16 heavy (non-hydrogen) atoms. The summed E-state index contributed by atoms with van der Waals surface area (Å²) in [6.07, 6.45) is 1.07. The number of halogens is 1. The Kier molecular flexibility index (Phi) is 5.77. The zero-order chi connectivity index (χ0) is 13.0. The molecule has 0 saturated carbocycles. The number of hydrogen-bond acceptors (Lipinski definition) is 3. The van der Waals surface area contributed by atoms with Crippen molar-refractivity contribution < 1.29 is 9.53 Å². The van der Waals surface area contributed by atoms with Crippen LogP contribution in [0.25, 0.3) is 0 Å². The first-order valence-electron chi connectivity index (χ1n) is 5.64. The molecule has 96 valence electrons. The number of carbonyl (C=O) groups excluding carboxylic acids is 1. The molecule has 4 heteroatoms. The van der Waals surface area contributed by atoms with E-state index in [1.165, 1.54) is 0 Å². The lowest BCUT2D eigenvalue weighted by Gasteiger charge is -2.29. The van der Waals surface area contributed by atoms with Crippen LogP contribution in [0, 0.1) is 5.41 Å². The Bertz CT molecular complexity index is 228. The Hall–Kier alpha value is -0.280. The van der Waals surface area contributed by atoms with Crippen LogP contribution in [0.4, 0.5) is 0 Å². The average molecular weight is 250 g/mol. The Morgan fingerprint density at radius 3 is 2.06 bits per heavy atom. The van der Waals surface area contributed by atoms with Gasteiger partial charge in [0.2, 0.25) is 0 Å². The molecule has 3 nitrogen and oxygen atoms in total. The third kappa shape index (κ3) is 7.07. The number of carbonyl (C=O) groups is 1. The summed E-state index contributed by atoms with van der Waals surface area (Å²) < 4.78 is 5.24. The van der Waals surface area contributed by atoms with Crippen LogP contribution in [0.5, 0.6) is 0 Å². The molecule has 0 saturated heterocycles. The van der Waals surface area contributed by atoms with Crippen LogP contribution in [0.1, 0.15) is 54.4 Å². The second-order valence-electron chi connectivity index (χ2n) is 6.15. The van der Waals surface area contributed by atoms with E-state index in [0.717, 1.165) is 0 Å². The number of esters is 1. The molecule has 0 aromatic carbocycles. The zero-order valence-corrected chi connectivity index (χ0v) is 11.9. The summed E-state index contributed by atoms with van der Waals surface area (Å²) in [6.45, 7) is 11.9. The van der Waals surface area contributed by atoms with Crippen LogP contribution in [0.2, 0.25) is 0 Å². The maximum absolute atomic E-state index is 11.5. The summed E-state index contributed by atoms with van der Waals surface area (Å²) in [5, 5.41) is 0. The molecular formula is C12H24ClNO2. The maximum atomic E-state index is 11.5. The first-order valence-corrected chi connectivity index (χ1v) is 6.02. The van der Waals surface area contributed by atoms with E-state index in [1.807, 2.05) is 20.8 Å². The molecule has 0 aliphatic carbocycles. The zero-order valence-electron chi connectivity index (χ0n) is 11.2. The molecule has 0 fully saturated rings. The van der Waals surface area contributed by atoms with Gasteiger partial charge in [0.05, 0.1) is 0 Å². The van der Waals surface area contributed by atoms with Gasteiger partial charge in [-0.15, -0.1) is 0 Å². The highest BCUT2D eigenvalue weighted by molar-refractivity contribution is 6.13. The van der Waals surface area contributed by atoms with Crippen molar-refractivity contribution in [2.45, 2.75) is 66.0 Å². The standard InChI is InChI=1S/C12H24ClNO2/c1-11(2,3)9(14-13)7-8-10(15)16-12(4,5)6/h9,14H,7-8H2,1-6H3/t9-/m0/s1. The van der Waals surface area contributed by atoms with Crippen LogP contribution in [0.15, 0.2) is 0 Å². The number of ether oxygens (including phenoxy) is 1. The average Bonchev–Trinajstić information content (AvgIpc) is 1.98. The normalized spacial score (nSPS) is 14.7. The minimum absolute atomic E-state index is 0.0315. The highest BCUT2D eigenvalue weighted by atomic mass is 35.5. The van der Waals surface area contributed by atoms with Crippen LogP contribution < -0.4 is 4.84 Å². The van der Waals surface area contributed by atoms with E-state index in [4.69, 9.17) is 16.5 Å². The molecule has 0 aliphatic rings. The molecule has 0 bridgehead atoms. The molecule has 0 spiro atoms. The fourth-order valence-corrected chi connectivity index (χ4v) is 1.74. The molecule has 0 aromatic heterocycles. The quantitative estimate of drug-likeness (QED) is 0.614. The van der Waals surface area contributed by atoms with E-state index in [-0.39, 0.29) is 17.4 Å². The smallest absolute Gasteiger partial charge is 0.306 e. The monoisotopic (exact) mass is 249 g/mol. The van der Waals surface area contributed by atoms with Crippen molar-refractivity contribution in [2.75, 3.05) is 0 Å². The Labute approximate surface area is 104 Å². The van der Waals surface area contributed by atoms with E-state index in [9.17, 15) is 4.79 Å². The summed E-state index contributed by atoms with van der Waals surface area (Å²) in [5.41, 5.74) is -0.382. The second-order valence-corrected chi connectivity index (χ2v) is 6.37. The largest absolute Gasteiger partial charge is 0.460 e. The van der Waals surface area contributed by atoms with Crippen molar-refractivity contribution in [3.05, 3.63) is 0 Å². The fraction of sp³-hybridized carbons (Fsp3) is 0.917. The van der Waals surface area contributed by atoms with E-state index in [1.54, 1.807) is 0 Å². The van der Waals surface area contributed by atoms with Gasteiger partial charge >= 0.3 is 5.97 Å². The molecule has 0 radical (unpaired) electrons. The lowest BCUT2D eigenvalue weighted by Crippen LogP contribution is -2.36.